The highest BCUT2D eigenvalue weighted by atomic mass is 32.2. The lowest BCUT2D eigenvalue weighted by atomic mass is 10.2. The summed E-state index contributed by atoms with van der Waals surface area (Å²) in [7, 11) is 0.258. The van der Waals surface area contributed by atoms with E-state index in [-0.39, 0.29) is 12.4 Å². The molecule has 92 valence electrons. The van der Waals surface area contributed by atoms with Gasteiger partial charge in [0.05, 0.1) is 33.0 Å². The largest absolute Gasteiger partial charge is 0.391 e. The van der Waals surface area contributed by atoms with Crippen molar-refractivity contribution < 1.29 is 22.6 Å². The average molecular weight is 240 g/mol. The number of hydrogen-bond acceptors (Lipinski definition) is 3. The summed E-state index contributed by atoms with van der Waals surface area (Å²) in [4.78, 5) is 0. The highest BCUT2D eigenvalue weighted by Crippen LogP contribution is 2.04. The normalized spacial score (nSPS) is 13.1. The van der Waals surface area contributed by atoms with Crippen LogP contribution >= 0.6 is 0 Å². The van der Waals surface area contributed by atoms with Crippen molar-refractivity contribution >= 4 is 10.1 Å². The van der Waals surface area contributed by atoms with Crippen LogP contribution in [0.25, 0.3) is 0 Å². The molecule has 0 heterocycles. The predicted molar refractivity (Wildman–Crippen MR) is 59.2 cm³/mol. The summed E-state index contributed by atoms with van der Waals surface area (Å²) in [5.74, 6) is -0.152. The van der Waals surface area contributed by atoms with Crippen LogP contribution in [0.1, 0.15) is 19.3 Å². The molecular weight excluding hydrogens is 218 g/mol. The molecule has 0 amide bonds. The van der Waals surface area contributed by atoms with Crippen LogP contribution in [0.5, 0.6) is 0 Å². The zero-order valence-corrected chi connectivity index (χ0v) is 10.3. The molecule has 0 aromatic carbocycles. The minimum absolute atomic E-state index is 0.152. The summed E-state index contributed by atoms with van der Waals surface area (Å²) in [5.41, 5.74) is 0. The van der Waals surface area contributed by atoms with Gasteiger partial charge in [0.2, 0.25) is 0 Å². The van der Waals surface area contributed by atoms with Crippen LogP contribution in [-0.4, -0.2) is 62.1 Å². The van der Waals surface area contributed by atoms with Gasteiger partial charge in [0.25, 0.3) is 10.1 Å². The summed E-state index contributed by atoms with van der Waals surface area (Å²) in [6, 6.07) is 0. The first-order chi connectivity index (χ1) is 6.77. The van der Waals surface area contributed by atoms with Crippen molar-refractivity contribution in [1.82, 2.24) is 0 Å². The van der Waals surface area contributed by atoms with Gasteiger partial charge in [-0.1, -0.05) is 0 Å². The van der Waals surface area contributed by atoms with Gasteiger partial charge >= 0.3 is 0 Å². The molecule has 0 aliphatic heterocycles. The Morgan fingerprint density at radius 2 is 1.67 bits per heavy atom. The molecule has 0 aliphatic carbocycles. The van der Waals surface area contributed by atoms with Crippen LogP contribution in [0, 0.1) is 0 Å². The Labute approximate surface area is 92.1 Å². The molecule has 0 atom stereocenters. The Morgan fingerprint density at radius 3 is 2.13 bits per heavy atom. The van der Waals surface area contributed by atoms with Crippen molar-refractivity contribution in [2.45, 2.75) is 19.3 Å². The summed E-state index contributed by atoms with van der Waals surface area (Å²) in [6.45, 7) is 1.78. The summed E-state index contributed by atoms with van der Waals surface area (Å²) < 4.78 is 30.1. The fraction of sp³-hybridized carbons (Fsp3) is 1.00. The lowest BCUT2D eigenvalue weighted by molar-refractivity contribution is -0.890. The monoisotopic (exact) mass is 240 g/mol. The van der Waals surface area contributed by atoms with E-state index in [9.17, 15) is 8.42 Å². The quantitative estimate of drug-likeness (QED) is 0.359. The molecule has 5 nitrogen and oxygen atoms in total. The fourth-order valence-corrected chi connectivity index (χ4v) is 1.95. The SMILES string of the molecule is C[N+](C)(CCO)CCCCCS(=O)(=O)O. The van der Waals surface area contributed by atoms with Crippen molar-refractivity contribution in [2.24, 2.45) is 0 Å². The van der Waals surface area contributed by atoms with E-state index < -0.39 is 10.1 Å². The summed E-state index contributed by atoms with van der Waals surface area (Å²) in [6.07, 6.45) is 2.19. The number of nitrogens with zero attached hydrogens (tertiary/aromatic N) is 1. The molecule has 6 heteroatoms. The first kappa shape index (κ1) is 14.8. The zero-order valence-electron chi connectivity index (χ0n) is 9.52. The highest BCUT2D eigenvalue weighted by molar-refractivity contribution is 7.85. The maximum atomic E-state index is 10.4. The average Bonchev–Trinajstić information content (AvgIpc) is 2.00. The molecule has 0 radical (unpaired) electrons. The molecule has 0 spiro atoms. The third-order valence-corrected chi connectivity index (χ3v) is 3.18. The highest BCUT2D eigenvalue weighted by Gasteiger charge is 2.13. The molecule has 0 bridgehead atoms. The number of unbranched alkanes of at least 4 members (excludes halogenated alkanes) is 2. The Balaban J connectivity index is 3.54. The van der Waals surface area contributed by atoms with Crippen LogP contribution in [0.4, 0.5) is 0 Å². The van der Waals surface area contributed by atoms with E-state index in [1.54, 1.807) is 0 Å². The molecular formula is C9H22NO4S+. The van der Waals surface area contributed by atoms with E-state index >= 15 is 0 Å². The van der Waals surface area contributed by atoms with Crippen molar-refractivity contribution in [3.05, 3.63) is 0 Å². The lowest BCUT2D eigenvalue weighted by Gasteiger charge is -2.28. The molecule has 2 N–H and O–H groups in total. The van der Waals surface area contributed by atoms with Gasteiger partial charge in [-0.2, -0.15) is 8.42 Å². The minimum atomic E-state index is -3.80. The van der Waals surface area contributed by atoms with Crippen molar-refractivity contribution in [2.75, 3.05) is 39.5 Å². The molecule has 0 aromatic rings. The molecule has 0 unspecified atom stereocenters. The minimum Gasteiger partial charge on any atom is -0.391 e. The second-order valence-electron chi connectivity index (χ2n) is 4.45. The predicted octanol–water partition coefficient (Wildman–Crippen LogP) is 0.113. The first-order valence-electron chi connectivity index (χ1n) is 5.15. The van der Waals surface area contributed by atoms with E-state index in [1.807, 2.05) is 14.1 Å². The van der Waals surface area contributed by atoms with E-state index in [1.165, 1.54) is 0 Å². The Morgan fingerprint density at radius 1 is 1.07 bits per heavy atom. The van der Waals surface area contributed by atoms with E-state index in [4.69, 9.17) is 9.66 Å². The standard InChI is InChI=1S/C9H21NO4S/c1-10(2,7-8-11)6-4-3-5-9-15(12,13)14/h11H,3-9H2,1-2H3/p+1. The van der Waals surface area contributed by atoms with Gasteiger partial charge in [-0.25, -0.2) is 0 Å². The third kappa shape index (κ3) is 10.1. The fourth-order valence-electron chi connectivity index (χ4n) is 1.38. The first-order valence-corrected chi connectivity index (χ1v) is 6.76. The molecule has 0 aliphatic rings. The third-order valence-electron chi connectivity index (χ3n) is 2.37. The Hall–Kier alpha value is -0.170. The van der Waals surface area contributed by atoms with Gasteiger partial charge in [0, 0.05) is 0 Å². The second-order valence-corrected chi connectivity index (χ2v) is 6.03. The topological polar surface area (TPSA) is 74.6 Å². The van der Waals surface area contributed by atoms with Crippen molar-refractivity contribution in [3.8, 4) is 0 Å². The zero-order chi connectivity index (χ0) is 11.9. The van der Waals surface area contributed by atoms with Gasteiger partial charge in [-0.15, -0.1) is 0 Å². The maximum absolute atomic E-state index is 10.4. The molecule has 0 saturated carbocycles. The number of hydrogen-bond donors (Lipinski definition) is 2. The number of aliphatic hydroxyl groups excluding tert-OH is 1. The summed E-state index contributed by atoms with van der Waals surface area (Å²) >= 11 is 0. The second kappa shape index (κ2) is 6.42. The molecule has 15 heavy (non-hydrogen) atoms. The van der Waals surface area contributed by atoms with Crippen molar-refractivity contribution in [1.29, 1.82) is 0 Å². The number of rotatable bonds is 8. The van der Waals surface area contributed by atoms with E-state index in [0.29, 0.717) is 13.0 Å². The molecule has 0 fully saturated rings. The van der Waals surface area contributed by atoms with Crippen LogP contribution in [-0.2, 0) is 10.1 Å². The molecule has 0 rings (SSSR count). The van der Waals surface area contributed by atoms with Crippen LogP contribution < -0.4 is 0 Å². The number of likely N-dealkylation sites (N-methyl/N-ethyl adjacent to an activating group) is 1. The Bertz CT molecular complexity index is 261. The van der Waals surface area contributed by atoms with Crippen LogP contribution in [0.2, 0.25) is 0 Å². The van der Waals surface area contributed by atoms with E-state index in [0.717, 1.165) is 23.9 Å². The Kier molecular flexibility index (Phi) is 6.35. The smallest absolute Gasteiger partial charge is 0.264 e. The number of quaternary nitrogens is 1. The van der Waals surface area contributed by atoms with Gasteiger partial charge in [0.1, 0.15) is 6.54 Å². The van der Waals surface area contributed by atoms with Gasteiger partial charge < -0.3 is 9.59 Å². The van der Waals surface area contributed by atoms with Crippen LogP contribution in [0.3, 0.4) is 0 Å². The van der Waals surface area contributed by atoms with Gasteiger partial charge in [-0.3, -0.25) is 4.55 Å². The number of aliphatic hydroxyl groups is 1. The summed E-state index contributed by atoms with van der Waals surface area (Å²) in [5, 5.41) is 8.78. The van der Waals surface area contributed by atoms with Gasteiger partial charge in [0.15, 0.2) is 0 Å². The van der Waals surface area contributed by atoms with E-state index in [2.05, 4.69) is 0 Å². The maximum Gasteiger partial charge on any atom is 0.264 e. The van der Waals surface area contributed by atoms with Gasteiger partial charge in [-0.05, 0) is 19.3 Å². The van der Waals surface area contributed by atoms with Crippen molar-refractivity contribution in [3.63, 3.8) is 0 Å². The lowest BCUT2D eigenvalue weighted by Crippen LogP contribution is -2.42. The molecule has 0 saturated heterocycles. The van der Waals surface area contributed by atoms with Crippen LogP contribution in [0.15, 0.2) is 0 Å². The molecule has 0 aromatic heterocycles.